The fraction of sp³-hybridized carbons (Fsp3) is 0.500. The number of rotatable bonds is 6. The number of aliphatic hydroxyl groups is 1. The van der Waals surface area contributed by atoms with Gasteiger partial charge in [0, 0.05) is 18.8 Å². The van der Waals surface area contributed by atoms with E-state index >= 15 is 0 Å². The highest BCUT2D eigenvalue weighted by molar-refractivity contribution is 7.89. The highest BCUT2D eigenvalue weighted by Gasteiger charge is 2.28. The van der Waals surface area contributed by atoms with Crippen molar-refractivity contribution in [1.82, 2.24) is 4.31 Å². The van der Waals surface area contributed by atoms with E-state index < -0.39 is 16.1 Å². The summed E-state index contributed by atoms with van der Waals surface area (Å²) in [6, 6.07) is 3.95. The Morgan fingerprint density at radius 3 is 2.63 bits per heavy atom. The fourth-order valence-corrected chi connectivity index (χ4v) is 3.02. The maximum Gasteiger partial charge on any atom is 0.246 e. The second-order valence-electron chi connectivity index (χ2n) is 4.19. The number of hydrogen-bond donors (Lipinski definition) is 2. The lowest BCUT2D eigenvalue weighted by Gasteiger charge is -2.23. The molecule has 0 aliphatic carbocycles. The molecule has 108 valence electrons. The van der Waals surface area contributed by atoms with Gasteiger partial charge in [0.15, 0.2) is 0 Å². The third-order valence-electron chi connectivity index (χ3n) is 2.81. The minimum Gasteiger partial charge on any atom is -0.492 e. The zero-order valence-electron chi connectivity index (χ0n) is 11.3. The highest BCUT2D eigenvalue weighted by atomic mass is 32.2. The van der Waals surface area contributed by atoms with Gasteiger partial charge in [-0.25, -0.2) is 8.42 Å². The molecule has 0 aliphatic heterocycles. The molecule has 0 fully saturated rings. The van der Waals surface area contributed by atoms with E-state index in [1.54, 1.807) is 19.9 Å². The van der Waals surface area contributed by atoms with Gasteiger partial charge in [0.25, 0.3) is 0 Å². The molecule has 0 heterocycles. The van der Waals surface area contributed by atoms with Gasteiger partial charge < -0.3 is 15.6 Å². The predicted molar refractivity (Wildman–Crippen MR) is 73.5 cm³/mol. The molecule has 0 bridgehead atoms. The summed E-state index contributed by atoms with van der Waals surface area (Å²) in [4.78, 5) is 0.0113. The van der Waals surface area contributed by atoms with E-state index in [1.165, 1.54) is 19.2 Å². The van der Waals surface area contributed by atoms with Gasteiger partial charge in [-0.3, -0.25) is 0 Å². The molecule has 0 aliphatic rings. The molecule has 0 saturated heterocycles. The van der Waals surface area contributed by atoms with E-state index in [2.05, 4.69) is 0 Å². The summed E-state index contributed by atoms with van der Waals surface area (Å²) in [6.45, 7) is 3.48. The molecule has 1 aromatic carbocycles. The van der Waals surface area contributed by atoms with E-state index in [9.17, 15) is 8.42 Å². The molecule has 3 N–H and O–H groups in total. The van der Waals surface area contributed by atoms with Gasteiger partial charge in [-0.1, -0.05) is 0 Å². The summed E-state index contributed by atoms with van der Waals surface area (Å²) in [6.07, 6.45) is 0. The normalized spacial score (nSPS) is 13.5. The zero-order chi connectivity index (χ0) is 14.6. The van der Waals surface area contributed by atoms with Crippen molar-refractivity contribution in [3.63, 3.8) is 0 Å². The van der Waals surface area contributed by atoms with Crippen LogP contribution >= 0.6 is 0 Å². The second-order valence-corrected chi connectivity index (χ2v) is 6.16. The van der Waals surface area contributed by atoms with E-state index in [0.29, 0.717) is 12.3 Å². The SMILES string of the molecule is CCOc1ccc(N)cc1S(=O)(=O)N(C)C(C)CO. The Labute approximate surface area is 113 Å². The molecule has 0 aromatic heterocycles. The van der Waals surface area contributed by atoms with E-state index in [0.717, 1.165) is 4.31 Å². The van der Waals surface area contributed by atoms with Crippen LogP contribution in [0.15, 0.2) is 23.1 Å². The summed E-state index contributed by atoms with van der Waals surface area (Å²) in [5, 5.41) is 9.08. The number of sulfonamides is 1. The average molecular weight is 288 g/mol. The monoisotopic (exact) mass is 288 g/mol. The molecule has 0 spiro atoms. The number of anilines is 1. The summed E-state index contributed by atoms with van der Waals surface area (Å²) in [5.41, 5.74) is 5.98. The predicted octanol–water partition coefficient (Wildman–Crippen LogP) is 0.669. The third-order valence-corrected chi connectivity index (χ3v) is 4.80. The number of benzene rings is 1. The Morgan fingerprint density at radius 1 is 1.47 bits per heavy atom. The number of aliphatic hydroxyl groups excluding tert-OH is 1. The van der Waals surface area contributed by atoms with Crippen LogP contribution in [0.3, 0.4) is 0 Å². The Morgan fingerprint density at radius 2 is 2.11 bits per heavy atom. The van der Waals surface area contributed by atoms with Crippen molar-refractivity contribution in [3.05, 3.63) is 18.2 Å². The number of ether oxygens (including phenoxy) is 1. The first-order valence-electron chi connectivity index (χ1n) is 5.95. The minimum atomic E-state index is -3.76. The number of nitrogens with two attached hydrogens (primary N) is 1. The Kier molecular flexibility index (Phi) is 5.16. The van der Waals surface area contributed by atoms with Crippen LogP contribution in [-0.4, -0.2) is 44.1 Å². The third kappa shape index (κ3) is 3.37. The molecule has 1 atom stereocenters. The van der Waals surface area contributed by atoms with Crippen molar-refractivity contribution in [2.24, 2.45) is 0 Å². The Bertz CT molecular complexity index is 531. The van der Waals surface area contributed by atoms with Crippen LogP contribution in [0.5, 0.6) is 5.75 Å². The first-order valence-corrected chi connectivity index (χ1v) is 7.39. The lowest BCUT2D eigenvalue weighted by Crippen LogP contribution is -2.37. The summed E-state index contributed by atoms with van der Waals surface area (Å²) >= 11 is 0. The van der Waals surface area contributed by atoms with Gasteiger partial charge in [0.05, 0.1) is 13.2 Å². The molecule has 7 heteroatoms. The number of nitrogen functional groups attached to an aromatic ring is 1. The summed E-state index contributed by atoms with van der Waals surface area (Å²) < 4.78 is 31.3. The number of nitrogens with zero attached hydrogens (tertiary/aromatic N) is 1. The Hall–Kier alpha value is -1.31. The zero-order valence-corrected chi connectivity index (χ0v) is 12.1. The average Bonchev–Trinajstić information content (AvgIpc) is 2.39. The van der Waals surface area contributed by atoms with Crippen molar-refractivity contribution in [3.8, 4) is 5.75 Å². The first-order chi connectivity index (χ1) is 8.84. The van der Waals surface area contributed by atoms with Crippen LogP contribution in [0.1, 0.15) is 13.8 Å². The molecule has 6 nitrogen and oxygen atoms in total. The molecule has 0 amide bonds. The van der Waals surface area contributed by atoms with Crippen molar-refractivity contribution < 1.29 is 18.3 Å². The summed E-state index contributed by atoms with van der Waals surface area (Å²) in [7, 11) is -2.35. The summed E-state index contributed by atoms with van der Waals surface area (Å²) in [5.74, 6) is 0.258. The highest BCUT2D eigenvalue weighted by Crippen LogP contribution is 2.29. The van der Waals surface area contributed by atoms with E-state index in [1.807, 2.05) is 0 Å². The number of hydrogen-bond acceptors (Lipinski definition) is 5. The van der Waals surface area contributed by atoms with Gasteiger partial charge in [-0.05, 0) is 32.0 Å². The second kappa shape index (κ2) is 6.23. The van der Waals surface area contributed by atoms with E-state index in [4.69, 9.17) is 15.6 Å². The quantitative estimate of drug-likeness (QED) is 0.750. The molecular formula is C12H20N2O4S. The van der Waals surface area contributed by atoms with Crippen molar-refractivity contribution in [2.75, 3.05) is 26.0 Å². The largest absolute Gasteiger partial charge is 0.492 e. The van der Waals surface area contributed by atoms with Gasteiger partial charge in [0.2, 0.25) is 10.0 Å². The maximum absolute atomic E-state index is 12.5. The van der Waals surface area contributed by atoms with Gasteiger partial charge in [-0.2, -0.15) is 4.31 Å². The van der Waals surface area contributed by atoms with Crippen LogP contribution in [0.4, 0.5) is 5.69 Å². The Balaban J connectivity index is 3.30. The van der Waals surface area contributed by atoms with Gasteiger partial charge in [0.1, 0.15) is 10.6 Å². The van der Waals surface area contributed by atoms with Crippen LogP contribution in [0.25, 0.3) is 0 Å². The molecule has 19 heavy (non-hydrogen) atoms. The topological polar surface area (TPSA) is 92.9 Å². The van der Waals surface area contributed by atoms with E-state index in [-0.39, 0.29) is 17.3 Å². The fourth-order valence-electron chi connectivity index (χ4n) is 1.51. The molecular weight excluding hydrogens is 268 g/mol. The van der Waals surface area contributed by atoms with Crippen LogP contribution in [0.2, 0.25) is 0 Å². The standard InChI is InChI=1S/C12H20N2O4S/c1-4-18-11-6-5-10(13)7-12(11)19(16,17)14(3)9(2)8-15/h5-7,9,15H,4,8,13H2,1-3H3. The van der Waals surface area contributed by atoms with Crippen LogP contribution in [0, 0.1) is 0 Å². The van der Waals surface area contributed by atoms with Gasteiger partial charge in [-0.15, -0.1) is 0 Å². The van der Waals surface area contributed by atoms with Gasteiger partial charge >= 0.3 is 0 Å². The van der Waals surface area contributed by atoms with Crippen molar-refractivity contribution in [1.29, 1.82) is 0 Å². The lowest BCUT2D eigenvalue weighted by molar-refractivity contribution is 0.213. The van der Waals surface area contributed by atoms with Crippen molar-refractivity contribution in [2.45, 2.75) is 24.8 Å². The first kappa shape index (κ1) is 15.7. The van der Waals surface area contributed by atoms with Crippen LogP contribution in [-0.2, 0) is 10.0 Å². The molecule has 0 saturated carbocycles. The molecule has 1 aromatic rings. The minimum absolute atomic E-state index is 0.0113. The molecule has 1 rings (SSSR count). The van der Waals surface area contributed by atoms with Crippen LogP contribution < -0.4 is 10.5 Å². The lowest BCUT2D eigenvalue weighted by atomic mass is 10.3. The smallest absolute Gasteiger partial charge is 0.246 e. The maximum atomic E-state index is 12.5. The number of likely N-dealkylation sites (N-methyl/N-ethyl adjacent to an activating group) is 1. The molecule has 1 unspecified atom stereocenters. The van der Waals surface area contributed by atoms with Crippen molar-refractivity contribution >= 4 is 15.7 Å². The molecule has 0 radical (unpaired) electrons.